The quantitative estimate of drug-likeness (QED) is 0.609. The summed E-state index contributed by atoms with van der Waals surface area (Å²) in [5.41, 5.74) is 9.48. The molecule has 2 heterocycles. The molecular formula is C18H22ClN5O2. The van der Waals surface area contributed by atoms with Crippen LogP contribution in [-0.2, 0) is 11.2 Å². The molecule has 0 aliphatic carbocycles. The molecule has 0 saturated carbocycles. The second kappa shape index (κ2) is 8.33. The Bertz CT molecular complexity index is 897. The zero-order valence-corrected chi connectivity index (χ0v) is 15.7. The van der Waals surface area contributed by atoms with Gasteiger partial charge in [0.2, 0.25) is 5.95 Å². The van der Waals surface area contributed by atoms with Gasteiger partial charge in [-0.15, -0.1) is 0 Å². The Hall–Kier alpha value is -2.38. The number of rotatable bonds is 8. The molecule has 0 aliphatic heterocycles. The van der Waals surface area contributed by atoms with Crippen molar-refractivity contribution in [1.29, 1.82) is 0 Å². The van der Waals surface area contributed by atoms with Gasteiger partial charge in [0.05, 0.1) is 12.8 Å². The topological polar surface area (TPSA) is 87.6 Å². The Kier molecular flexibility index (Phi) is 5.90. The van der Waals surface area contributed by atoms with Gasteiger partial charge in [-0.3, -0.25) is 0 Å². The molecule has 7 nitrogen and oxygen atoms in total. The maximum absolute atomic E-state index is 6.33. The van der Waals surface area contributed by atoms with Crippen LogP contribution < -0.4 is 10.5 Å². The van der Waals surface area contributed by atoms with E-state index in [1.165, 1.54) is 10.8 Å². The Labute approximate surface area is 157 Å². The lowest BCUT2D eigenvalue weighted by atomic mass is 10.0. The minimum absolute atomic E-state index is 0.304. The van der Waals surface area contributed by atoms with E-state index in [0.29, 0.717) is 29.6 Å². The number of hydrogen-bond acceptors (Lipinski definition) is 6. The van der Waals surface area contributed by atoms with Crippen LogP contribution in [0.5, 0.6) is 5.75 Å². The van der Waals surface area contributed by atoms with Gasteiger partial charge < -0.3 is 15.2 Å². The summed E-state index contributed by atoms with van der Waals surface area (Å²) >= 11 is 6.33. The van der Waals surface area contributed by atoms with Crippen molar-refractivity contribution < 1.29 is 9.47 Å². The molecule has 0 unspecified atom stereocenters. The smallest absolute Gasteiger partial charge is 0.224 e. The summed E-state index contributed by atoms with van der Waals surface area (Å²) in [6.07, 6.45) is 5.68. The second-order valence-corrected chi connectivity index (χ2v) is 6.42. The fraction of sp³-hybridized carbons (Fsp3) is 0.389. The first-order valence-electron chi connectivity index (χ1n) is 8.44. The predicted molar refractivity (Wildman–Crippen MR) is 101 cm³/mol. The molecule has 0 spiro atoms. The normalized spacial score (nSPS) is 11.2. The lowest BCUT2D eigenvalue weighted by molar-refractivity contribution is 0.184. The van der Waals surface area contributed by atoms with Crippen LogP contribution in [0.4, 0.5) is 5.95 Å². The number of halogens is 1. The van der Waals surface area contributed by atoms with Crippen LogP contribution in [0.25, 0.3) is 5.65 Å². The highest BCUT2D eigenvalue weighted by Crippen LogP contribution is 2.31. The van der Waals surface area contributed by atoms with Gasteiger partial charge >= 0.3 is 0 Å². The van der Waals surface area contributed by atoms with Crippen molar-refractivity contribution in [2.75, 3.05) is 26.1 Å². The van der Waals surface area contributed by atoms with E-state index in [0.717, 1.165) is 41.9 Å². The molecule has 1 aromatic carbocycles. The molecule has 138 valence electrons. The molecule has 2 aromatic heterocycles. The zero-order valence-electron chi connectivity index (χ0n) is 14.9. The average Bonchev–Trinajstić information content (AvgIpc) is 3.05. The number of hydrogen-bond donors (Lipinski definition) is 1. The number of unbranched alkanes of at least 4 members (excludes halogenated alkanes) is 1. The molecule has 3 rings (SSSR count). The van der Waals surface area contributed by atoms with Crippen molar-refractivity contribution in [2.45, 2.75) is 26.2 Å². The molecule has 2 N–H and O–H groups in total. The van der Waals surface area contributed by atoms with Gasteiger partial charge in [-0.05, 0) is 37.5 Å². The van der Waals surface area contributed by atoms with Crippen LogP contribution in [0.3, 0.4) is 0 Å². The Morgan fingerprint density at radius 1 is 1.19 bits per heavy atom. The molecule has 0 bridgehead atoms. The van der Waals surface area contributed by atoms with E-state index in [-0.39, 0.29) is 0 Å². The van der Waals surface area contributed by atoms with Crippen molar-refractivity contribution in [3.8, 4) is 5.75 Å². The van der Waals surface area contributed by atoms with Gasteiger partial charge in [-0.1, -0.05) is 11.6 Å². The van der Waals surface area contributed by atoms with Gasteiger partial charge in [-0.2, -0.15) is 9.61 Å². The van der Waals surface area contributed by atoms with Gasteiger partial charge in [0.1, 0.15) is 12.1 Å². The first kappa shape index (κ1) is 18.4. The zero-order chi connectivity index (χ0) is 18.5. The van der Waals surface area contributed by atoms with Crippen molar-refractivity contribution in [2.24, 2.45) is 0 Å². The number of benzene rings is 1. The Balaban J connectivity index is 1.85. The van der Waals surface area contributed by atoms with E-state index in [4.69, 9.17) is 26.8 Å². The van der Waals surface area contributed by atoms with Crippen LogP contribution in [-0.4, -0.2) is 39.9 Å². The van der Waals surface area contributed by atoms with E-state index >= 15 is 0 Å². The van der Waals surface area contributed by atoms with Crippen molar-refractivity contribution >= 4 is 23.2 Å². The third-order valence-corrected chi connectivity index (χ3v) is 4.67. The van der Waals surface area contributed by atoms with Gasteiger partial charge in [0.15, 0.2) is 5.65 Å². The van der Waals surface area contributed by atoms with Crippen molar-refractivity contribution in [1.82, 2.24) is 19.6 Å². The van der Waals surface area contributed by atoms with E-state index in [1.807, 2.05) is 19.1 Å². The van der Waals surface area contributed by atoms with Gasteiger partial charge in [0.25, 0.3) is 0 Å². The van der Waals surface area contributed by atoms with Crippen molar-refractivity contribution in [3.05, 3.63) is 46.4 Å². The summed E-state index contributed by atoms with van der Waals surface area (Å²) in [7, 11) is 1.70. The lowest BCUT2D eigenvalue weighted by Crippen LogP contribution is -2.05. The van der Waals surface area contributed by atoms with Crippen LogP contribution in [0.15, 0.2) is 24.7 Å². The monoisotopic (exact) mass is 375 g/mol. The van der Waals surface area contributed by atoms with E-state index in [2.05, 4.69) is 15.1 Å². The van der Waals surface area contributed by atoms with Crippen LogP contribution in [0.1, 0.15) is 29.5 Å². The molecule has 26 heavy (non-hydrogen) atoms. The predicted octanol–water partition coefficient (Wildman–Crippen LogP) is 3.06. The van der Waals surface area contributed by atoms with E-state index in [9.17, 15) is 0 Å². The molecule has 0 atom stereocenters. The number of methoxy groups -OCH3 is 1. The van der Waals surface area contributed by atoms with Crippen LogP contribution in [0.2, 0.25) is 5.02 Å². The maximum Gasteiger partial charge on any atom is 0.224 e. The Morgan fingerprint density at radius 3 is 2.81 bits per heavy atom. The molecule has 0 aliphatic rings. The van der Waals surface area contributed by atoms with E-state index < -0.39 is 0 Å². The van der Waals surface area contributed by atoms with Crippen molar-refractivity contribution in [3.63, 3.8) is 0 Å². The third-order valence-electron chi connectivity index (χ3n) is 4.26. The summed E-state index contributed by atoms with van der Waals surface area (Å²) in [6.45, 7) is 3.35. The highest BCUT2D eigenvalue weighted by atomic mass is 35.5. The van der Waals surface area contributed by atoms with Gasteiger partial charge in [-0.25, -0.2) is 9.97 Å². The van der Waals surface area contributed by atoms with E-state index in [1.54, 1.807) is 13.3 Å². The number of fused-ring (bicyclic) bond motifs is 1. The second-order valence-electron chi connectivity index (χ2n) is 6.01. The maximum atomic E-state index is 6.33. The first-order chi connectivity index (χ1) is 12.6. The SMILES string of the molecule is COCCCCOc1ccc(Cl)c(C)c1Cc1cnn2c(N)ncnc12. The summed E-state index contributed by atoms with van der Waals surface area (Å²) in [5, 5.41) is 4.98. The van der Waals surface area contributed by atoms with Gasteiger partial charge in [0, 0.05) is 36.3 Å². The number of nitrogens with zero attached hydrogens (tertiary/aromatic N) is 4. The molecule has 0 fully saturated rings. The minimum Gasteiger partial charge on any atom is -0.493 e. The molecular weight excluding hydrogens is 354 g/mol. The molecule has 0 amide bonds. The number of nitrogen functional groups attached to an aromatic ring is 1. The number of ether oxygens (including phenoxy) is 2. The summed E-state index contributed by atoms with van der Waals surface area (Å²) in [6, 6.07) is 3.77. The minimum atomic E-state index is 0.304. The summed E-state index contributed by atoms with van der Waals surface area (Å²) < 4.78 is 12.6. The fourth-order valence-electron chi connectivity index (χ4n) is 2.78. The molecule has 8 heteroatoms. The summed E-state index contributed by atoms with van der Waals surface area (Å²) in [5.74, 6) is 1.13. The third kappa shape index (κ3) is 3.89. The standard InChI is InChI=1S/C18H22ClN5O2/c1-12-14(9-13-10-23-24-17(13)21-11-22-18(24)20)16(6-5-15(12)19)26-8-4-3-7-25-2/h5-6,10-11H,3-4,7-9H2,1-2H3,(H2,20,21,22). The molecule has 0 saturated heterocycles. The Morgan fingerprint density at radius 2 is 2.00 bits per heavy atom. The largest absolute Gasteiger partial charge is 0.493 e. The lowest BCUT2D eigenvalue weighted by Gasteiger charge is -2.15. The van der Waals surface area contributed by atoms with Crippen LogP contribution in [0, 0.1) is 6.92 Å². The average molecular weight is 376 g/mol. The number of aromatic nitrogens is 4. The van der Waals surface area contributed by atoms with Crippen LogP contribution >= 0.6 is 11.6 Å². The molecule has 0 radical (unpaired) electrons. The first-order valence-corrected chi connectivity index (χ1v) is 8.82. The number of nitrogens with two attached hydrogens (primary N) is 1. The summed E-state index contributed by atoms with van der Waals surface area (Å²) in [4.78, 5) is 8.25. The highest BCUT2D eigenvalue weighted by molar-refractivity contribution is 6.31. The molecule has 3 aromatic rings. The highest BCUT2D eigenvalue weighted by Gasteiger charge is 2.15. The fourth-order valence-corrected chi connectivity index (χ4v) is 2.96. The number of anilines is 1.